The molecule has 1 saturated heterocycles. The molecule has 0 radical (unpaired) electrons. The molecule has 1 aromatic rings. The first-order valence-corrected chi connectivity index (χ1v) is 7.20. The number of carbonyl (C=O) groups excluding carboxylic acids is 2. The fourth-order valence-electron chi connectivity index (χ4n) is 2.58. The molecule has 2 amide bonds. The van der Waals surface area contributed by atoms with Gasteiger partial charge in [0, 0.05) is 32.1 Å². The average Bonchev–Trinajstić information content (AvgIpc) is 3.36. The van der Waals surface area contributed by atoms with Crippen molar-refractivity contribution in [3.63, 3.8) is 0 Å². The minimum Gasteiger partial charge on any atom is -0.339 e. The van der Waals surface area contributed by atoms with Gasteiger partial charge in [-0.15, -0.1) is 0 Å². The Bertz CT molecular complexity index is 623. The van der Waals surface area contributed by atoms with Crippen molar-refractivity contribution in [3.8, 4) is 0 Å². The molecule has 22 heavy (non-hydrogen) atoms. The second-order valence-corrected chi connectivity index (χ2v) is 5.61. The molecule has 0 N–H and O–H groups in total. The smallest absolute Gasteiger partial charge is 0.257 e. The molecule has 0 spiro atoms. The van der Waals surface area contributed by atoms with Gasteiger partial charge in [0.25, 0.3) is 5.91 Å². The Balaban J connectivity index is 1.67. The van der Waals surface area contributed by atoms with Crippen molar-refractivity contribution in [2.24, 2.45) is 5.92 Å². The van der Waals surface area contributed by atoms with Gasteiger partial charge in [-0.05, 0) is 25.0 Å². The van der Waals surface area contributed by atoms with Crippen LogP contribution in [0.25, 0.3) is 0 Å². The molecule has 0 bridgehead atoms. The zero-order valence-electron chi connectivity index (χ0n) is 11.8. The Hall–Kier alpha value is -2.05. The Labute approximate surface area is 125 Å². The van der Waals surface area contributed by atoms with E-state index in [9.17, 15) is 22.8 Å². The summed E-state index contributed by atoms with van der Waals surface area (Å²) in [6.07, 6.45) is 1.83. The summed E-state index contributed by atoms with van der Waals surface area (Å²) in [6, 6.07) is 1.68. The van der Waals surface area contributed by atoms with Crippen LogP contribution in [0.5, 0.6) is 0 Å². The van der Waals surface area contributed by atoms with E-state index in [1.807, 2.05) is 0 Å². The number of piperazine rings is 1. The van der Waals surface area contributed by atoms with E-state index in [1.54, 1.807) is 4.90 Å². The molecule has 1 saturated carbocycles. The Morgan fingerprint density at radius 3 is 2.09 bits per heavy atom. The summed E-state index contributed by atoms with van der Waals surface area (Å²) in [5.74, 6) is -4.91. The van der Waals surface area contributed by atoms with Crippen LogP contribution in [0.2, 0.25) is 0 Å². The van der Waals surface area contributed by atoms with Crippen LogP contribution in [0.15, 0.2) is 12.1 Å². The molecular formula is C15H15F3N2O2. The molecular weight excluding hydrogens is 297 g/mol. The lowest BCUT2D eigenvalue weighted by molar-refractivity contribution is -0.134. The molecule has 7 heteroatoms. The summed E-state index contributed by atoms with van der Waals surface area (Å²) >= 11 is 0. The van der Waals surface area contributed by atoms with Gasteiger partial charge in [0.15, 0.2) is 17.5 Å². The molecule has 0 aromatic heterocycles. The van der Waals surface area contributed by atoms with Crippen LogP contribution in [-0.2, 0) is 4.79 Å². The summed E-state index contributed by atoms with van der Waals surface area (Å²) in [6.45, 7) is 1.28. The number of rotatable bonds is 2. The molecule has 4 nitrogen and oxygen atoms in total. The zero-order valence-corrected chi connectivity index (χ0v) is 11.8. The number of hydrogen-bond donors (Lipinski definition) is 0. The van der Waals surface area contributed by atoms with Gasteiger partial charge in [0.2, 0.25) is 5.91 Å². The van der Waals surface area contributed by atoms with Crippen molar-refractivity contribution in [2.75, 3.05) is 26.2 Å². The average molecular weight is 312 g/mol. The van der Waals surface area contributed by atoms with Gasteiger partial charge in [-0.1, -0.05) is 0 Å². The van der Waals surface area contributed by atoms with Crippen LogP contribution in [0.1, 0.15) is 23.2 Å². The van der Waals surface area contributed by atoms with Gasteiger partial charge in [-0.2, -0.15) is 0 Å². The number of benzene rings is 1. The first-order chi connectivity index (χ1) is 10.5. The second-order valence-electron chi connectivity index (χ2n) is 5.61. The van der Waals surface area contributed by atoms with Crippen molar-refractivity contribution < 1.29 is 22.8 Å². The monoisotopic (exact) mass is 312 g/mol. The summed E-state index contributed by atoms with van der Waals surface area (Å²) in [5, 5.41) is 0. The molecule has 118 valence electrons. The van der Waals surface area contributed by atoms with Crippen molar-refractivity contribution in [2.45, 2.75) is 12.8 Å². The van der Waals surface area contributed by atoms with Crippen LogP contribution < -0.4 is 0 Å². The van der Waals surface area contributed by atoms with Gasteiger partial charge in [0.1, 0.15) is 0 Å². The van der Waals surface area contributed by atoms with E-state index in [-0.39, 0.29) is 24.9 Å². The van der Waals surface area contributed by atoms with E-state index in [0.717, 1.165) is 25.0 Å². The van der Waals surface area contributed by atoms with Gasteiger partial charge >= 0.3 is 0 Å². The second kappa shape index (κ2) is 5.62. The van der Waals surface area contributed by atoms with E-state index in [1.165, 1.54) is 4.90 Å². The third-order valence-corrected chi connectivity index (χ3v) is 4.07. The van der Waals surface area contributed by atoms with Gasteiger partial charge in [-0.3, -0.25) is 9.59 Å². The van der Waals surface area contributed by atoms with Crippen LogP contribution in [0, 0.1) is 23.4 Å². The third kappa shape index (κ3) is 2.67. The summed E-state index contributed by atoms with van der Waals surface area (Å²) < 4.78 is 39.8. The van der Waals surface area contributed by atoms with Crippen LogP contribution in [0.4, 0.5) is 13.2 Å². The molecule has 2 fully saturated rings. The van der Waals surface area contributed by atoms with Crippen molar-refractivity contribution in [1.29, 1.82) is 0 Å². The Morgan fingerprint density at radius 1 is 0.909 bits per heavy atom. The van der Waals surface area contributed by atoms with Gasteiger partial charge in [0.05, 0.1) is 5.56 Å². The first kappa shape index (κ1) is 14.9. The van der Waals surface area contributed by atoms with E-state index in [4.69, 9.17) is 0 Å². The SMILES string of the molecule is O=C(c1ccc(F)c(F)c1F)N1CCN(C(=O)C2CC2)CC1. The van der Waals surface area contributed by atoms with Crippen LogP contribution in [0.3, 0.4) is 0 Å². The quantitative estimate of drug-likeness (QED) is 0.781. The van der Waals surface area contributed by atoms with Crippen molar-refractivity contribution in [1.82, 2.24) is 9.80 Å². The maximum absolute atomic E-state index is 13.7. The molecule has 2 aliphatic rings. The highest BCUT2D eigenvalue weighted by atomic mass is 19.2. The standard InChI is InChI=1S/C15H15F3N2O2/c16-11-4-3-10(12(17)13(11)18)15(22)20-7-5-19(6-8-20)14(21)9-1-2-9/h3-4,9H,1-2,5-8H2. The molecule has 1 aliphatic heterocycles. The summed E-state index contributed by atoms with van der Waals surface area (Å²) in [4.78, 5) is 27.2. The molecule has 0 unspecified atom stereocenters. The van der Waals surface area contributed by atoms with Gasteiger partial charge in [-0.25, -0.2) is 13.2 Å². The highest BCUT2D eigenvalue weighted by molar-refractivity contribution is 5.94. The lowest BCUT2D eigenvalue weighted by Crippen LogP contribution is -2.51. The van der Waals surface area contributed by atoms with E-state index >= 15 is 0 Å². The predicted octanol–water partition coefficient (Wildman–Crippen LogP) is 1.80. The van der Waals surface area contributed by atoms with Crippen LogP contribution in [-0.4, -0.2) is 47.8 Å². The van der Waals surface area contributed by atoms with Crippen molar-refractivity contribution >= 4 is 11.8 Å². The minimum absolute atomic E-state index is 0.103. The highest BCUT2D eigenvalue weighted by Gasteiger charge is 2.35. The maximum Gasteiger partial charge on any atom is 0.257 e. The number of carbonyl (C=O) groups is 2. The Kier molecular flexibility index (Phi) is 3.80. The van der Waals surface area contributed by atoms with Crippen molar-refractivity contribution in [3.05, 3.63) is 35.1 Å². The molecule has 1 heterocycles. The lowest BCUT2D eigenvalue weighted by atomic mass is 10.1. The predicted molar refractivity (Wildman–Crippen MR) is 71.5 cm³/mol. The fraction of sp³-hybridized carbons (Fsp3) is 0.467. The summed E-state index contributed by atoms with van der Waals surface area (Å²) in [7, 11) is 0. The largest absolute Gasteiger partial charge is 0.339 e. The maximum atomic E-state index is 13.7. The fourth-order valence-corrected chi connectivity index (χ4v) is 2.58. The topological polar surface area (TPSA) is 40.6 Å². The molecule has 1 aliphatic carbocycles. The number of amides is 2. The normalized spacial score (nSPS) is 18.5. The molecule has 1 aromatic carbocycles. The molecule has 3 rings (SSSR count). The molecule has 0 atom stereocenters. The van der Waals surface area contributed by atoms with Crippen LogP contribution >= 0.6 is 0 Å². The number of hydrogen-bond acceptors (Lipinski definition) is 2. The Morgan fingerprint density at radius 2 is 1.50 bits per heavy atom. The third-order valence-electron chi connectivity index (χ3n) is 4.07. The lowest BCUT2D eigenvalue weighted by Gasteiger charge is -2.35. The van der Waals surface area contributed by atoms with Gasteiger partial charge < -0.3 is 9.80 Å². The highest BCUT2D eigenvalue weighted by Crippen LogP contribution is 2.31. The zero-order chi connectivity index (χ0) is 15.9. The first-order valence-electron chi connectivity index (χ1n) is 7.20. The number of nitrogens with zero attached hydrogens (tertiary/aromatic N) is 2. The minimum atomic E-state index is -1.65. The van der Waals surface area contributed by atoms with E-state index in [2.05, 4.69) is 0 Å². The van der Waals surface area contributed by atoms with E-state index in [0.29, 0.717) is 13.1 Å². The van der Waals surface area contributed by atoms with E-state index < -0.39 is 28.9 Å². The number of halogens is 3. The summed E-state index contributed by atoms with van der Waals surface area (Å²) in [5.41, 5.74) is -0.485.